The summed E-state index contributed by atoms with van der Waals surface area (Å²) in [6.07, 6.45) is -9.25. The molecule has 2 aromatic rings. The Morgan fingerprint density at radius 2 is 1.44 bits per heavy atom. The monoisotopic (exact) mass is 578 g/mol. The summed E-state index contributed by atoms with van der Waals surface area (Å²) in [5.74, 6) is -5.67. The first kappa shape index (κ1) is 29.7. The minimum Gasteiger partial charge on any atom is -0.345 e. The first-order chi connectivity index (χ1) is 16.5. The van der Waals surface area contributed by atoms with Crippen molar-refractivity contribution >= 4 is 52.4 Å². The molecule has 0 heterocycles. The summed E-state index contributed by atoms with van der Waals surface area (Å²) in [5.41, 5.74) is -0.876. The zero-order valence-electron chi connectivity index (χ0n) is 18.0. The normalized spacial score (nSPS) is 14.2. The predicted molar refractivity (Wildman–Crippen MR) is 122 cm³/mol. The van der Waals surface area contributed by atoms with Crippen molar-refractivity contribution in [2.45, 2.75) is 31.2 Å². The molecule has 2 aromatic carbocycles. The number of hydrogen-bond donors (Lipinski definition) is 2. The average Bonchev–Trinajstić information content (AvgIpc) is 2.77. The maximum Gasteiger partial charge on any atom is 0.405 e. The first-order valence-corrected chi connectivity index (χ1v) is 11.0. The molecule has 2 unspecified atom stereocenters. The molecule has 2 amide bonds. The second kappa shape index (κ2) is 11.7. The van der Waals surface area contributed by atoms with E-state index in [1.54, 1.807) is 5.32 Å². The Morgan fingerprint density at radius 1 is 0.944 bits per heavy atom. The van der Waals surface area contributed by atoms with Crippen LogP contribution in [0.2, 0.25) is 15.1 Å². The number of nitrogens with one attached hydrogen (secondary N) is 2. The summed E-state index contributed by atoms with van der Waals surface area (Å²) < 4.78 is 92.2. The first-order valence-electron chi connectivity index (χ1n) is 9.84. The lowest BCUT2D eigenvalue weighted by Gasteiger charge is -2.19. The fourth-order valence-electron chi connectivity index (χ4n) is 2.84. The van der Waals surface area contributed by atoms with Crippen molar-refractivity contribution in [2.75, 3.05) is 6.54 Å². The lowest BCUT2D eigenvalue weighted by Crippen LogP contribution is -2.47. The van der Waals surface area contributed by atoms with E-state index in [9.17, 15) is 40.3 Å². The minimum absolute atomic E-state index is 0.120. The van der Waals surface area contributed by atoms with Crippen LogP contribution in [0, 0.1) is 0 Å². The van der Waals surface area contributed by atoms with Gasteiger partial charge in [-0.2, -0.15) is 26.3 Å². The number of rotatable bonds is 7. The quantitative estimate of drug-likeness (QED) is 0.272. The predicted octanol–water partition coefficient (Wildman–Crippen LogP) is 7.10. The molecular formula is C22H16Cl3F7N2O2. The van der Waals surface area contributed by atoms with Crippen LogP contribution in [-0.2, 0) is 4.79 Å². The second-order valence-electron chi connectivity index (χ2n) is 7.44. The minimum atomic E-state index is -4.92. The van der Waals surface area contributed by atoms with Crippen molar-refractivity contribution in [1.82, 2.24) is 10.6 Å². The highest BCUT2D eigenvalue weighted by Gasteiger charge is 2.40. The van der Waals surface area contributed by atoms with Crippen LogP contribution in [0.1, 0.15) is 34.3 Å². The van der Waals surface area contributed by atoms with E-state index in [1.165, 1.54) is 0 Å². The van der Waals surface area contributed by atoms with Gasteiger partial charge in [-0.15, -0.1) is 0 Å². The van der Waals surface area contributed by atoms with E-state index in [2.05, 4.69) is 5.32 Å². The Balaban J connectivity index is 2.19. The standard InChI is InChI=1S/C22H16Cl3F7N2O2/c1-10(19(35)33-9-21(27,28)29)34-20(36)12-4-2-11(3-5-12)17(26)8-14(22(30,31)32)13-6-15(23)18(25)16(24)7-13/h2-8,10,14H,9H2,1H3,(H,33,35)(H,34,36)/b17-8-. The third-order valence-corrected chi connectivity index (χ3v) is 5.85. The summed E-state index contributed by atoms with van der Waals surface area (Å²) >= 11 is 17.3. The molecule has 14 heteroatoms. The van der Waals surface area contributed by atoms with Crippen molar-refractivity contribution in [3.05, 3.63) is 74.2 Å². The maximum absolute atomic E-state index is 14.7. The van der Waals surface area contributed by atoms with Gasteiger partial charge in [0.25, 0.3) is 5.91 Å². The van der Waals surface area contributed by atoms with Gasteiger partial charge in [0.1, 0.15) is 24.3 Å². The molecule has 2 N–H and O–H groups in total. The number of amides is 2. The van der Waals surface area contributed by atoms with Crippen molar-refractivity contribution < 1.29 is 40.3 Å². The Hall–Kier alpha value is -2.50. The van der Waals surface area contributed by atoms with Crippen LogP contribution in [-0.4, -0.2) is 36.8 Å². The Labute approximate surface area is 215 Å². The van der Waals surface area contributed by atoms with Gasteiger partial charge < -0.3 is 10.6 Å². The van der Waals surface area contributed by atoms with Gasteiger partial charge >= 0.3 is 12.4 Å². The smallest absolute Gasteiger partial charge is 0.345 e. The second-order valence-corrected chi connectivity index (χ2v) is 8.63. The van der Waals surface area contributed by atoms with E-state index in [0.717, 1.165) is 43.3 Å². The molecule has 0 saturated heterocycles. The lowest BCUT2D eigenvalue weighted by atomic mass is 9.96. The van der Waals surface area contributed by atoms with Crippen LogP contribution < -0.4 is 10.6 Å². The van der Waals surface area contributed by atoms with Gasteiger partial charge in [-0.25, -0.2) is 4.39 Å². The van der Waals surface area contributed by atoms with Crippen LogP contribution in [0.3, 0.4) is 0 Å². The fraction of sp³-hybridized carbons (Fsp3) is 0.273. The largest absolute Gasteiger partial charge is 0.405 e. The summed E-state index contributed by atoms with van der Waals surface area (Å²) in [6.45, 7) is -0.438. The van der Waals surface area contributed by atoms with E-state index in [-0.39, 0.29) is 26.2 Å². The zero-order chi connectivity index (χ0) is 27.4. The van der Waals surface area contributed by atoms with Crippen LogP contribution in [0.4, 0.5) is 30.7 Å². The van der Waals surface area contributed by atoms with Crippen LogP contribution in [0.5, 0.6) is 0 Å². The Kier molecular flexibility index (Phi) is 9.66. The van der Waals surface area contributed by atoms with Crippen molar-refractivity contribution in [3.63, 3.8) is 0 Å². The van der Waals surface area contributed by atoms with Gasteiger partial charge in [-0.1, -0.05) is 46.9 Å². The van der Waals surface area contributed by atoms with Crippen molar-refractivity contribution in [1.29, 1.82) is 0 Å². The molecule has 2 rings (SSSR count). The molecule has 0 spiro atoms. The summed E-state index contributed by atoms with van der Waals surface area (Å²) in [4.78, 5) is 23.9. The molecule has 0 fully saturated rings. The van der Waals surface area contributed by atoms with E-state index in [0.29, 0.717) is 6.08 Å². The molecule has 2 atom stereocenters. The number of carbonyl (C=O) groups excluding carboxylic acids is 2. The highest BCUT2D eigenvalue weighted by Crippen LogP contribution is 2.42. The zero-order valence-corrected chi connectivity index (χ0v) is 20.3. The van der Waals surface area contributed by atoms with E-state index in [4.69, 9.17) is 34.8 Å². The highest BCUT2D eigenvalue weighted by atomic mass is 35.5. The summed E-state index contributed by atoms with van der Waals surface area (Å²) in [5, 5.41) is 3.10. The van der Waals surface area contributed by atoms with Gasteiger partial charge in [0.2, 0.25) is 5.91 Å². The van der Waals surface area contributed by atoms with Crippen LogP contribution in [0.25, 0.3) is 5.83 Å². The number of alkyl halides is 6. The van der Waals surface area contributed by atoms with Crippen LogP contribution in [0.15, 0.2) is 42.5 Å². The van der Waals surface area contributed by atoms with Gasteiger partial charge in [-0.05, 0) is 42.8 Å². The number of benzene rings is 2. The molecule has 0 aliphatic rings. The highest BCUT2D eigenvalue weighted by molar-refractivity contribution is 6.48. The molecule has 0 aromatic heterocycles. The van der Waals surface area contributed by atoms with Crippen LogP contribution >= 0.6 is 34.8 Å². The topological polar surface area (TPSA) is 58.2 Å². The van der Waals surface area contributed by atoms with Gasteiger partial charge in [0.15, 0.2) is 0 Å². The fourth-order valence-corrected chi connectivity index (χ4v) is 3.46. The maximum atomic E-state index is 14.7. The molecule has 196 valence electrons. The van der Waals surface area contributed by atoms with E-state index in [1.807, 2.05) is 0 Å². The third kappa shape index (κ3) is 8.28. The van der Waals surface area contributed by atoms with Crippen molar-refractivity contribution in [3.8, 4) is 0 Å². The Morgan fingerprint density at radius 3 is 1.92 bits per heavy atom. The van der Waals surface area contributed by atoms with Crippen molar-refractivity contribution in [2.24, 2.45) is 0 Å². The van der Waals surface area contributed by atoms with Gasteiger partial charge in [0.05, 0.1) is 15.1 Å². The number of allylic oxidation sites excluding steroid dienone is 1. The molecule has 0 radical (unpaired) electrons. The average molecular weight is 580 g/mol. The Bertz CT molecular complexity index is 1130. The molecule has 0 bridgehead atoms. The molecule has 0 saturated carbocycles. The summed E-state index contributed by atoms with van der Waals surface area (Å²) in [6, 6.07) is 4.67. The summed E-state index contributed by atoms with van der Waals surface area (Å²) in [7, 11) is 0. The molecule has 0 aliphatic heterocycles. The molecular weight excluding hydrogens is 564 g/mol. The SMILES string of the molecule is CC(NC(=O)c1ccc(/C(F)=C/C(c2cc(Cl)c(Cl)c(Cl)c2)C(F)(F)F)cc1)C(=O)NCC(F)(F)F. The number of hydrogen-bond acceptors (Lipinski definition) is 2. The van der Waals surface area contributed by atoms with E-state index >= 15 is 0 Å². The number of carbonyl (C=O) groups is 2. The molecule has 4 nitrogen and oxygen atoms in total. The third-order valence-electron chi connectivity index (χ3n) is 4.66. The number of halogens is 10. The van der Waals surface area contributed by atoms with Gasteiger partial charge in [-0.3, -0.25) is 9.59 Å². The lowest BCUT2D eigenvalue weighted by molar-refractivity contribution is -0.139. The molecule has 36 heavy (non-hydrogen) atoms. The van der Waals surface area contributed by atoms with Gasteiger partial charge in [0, 0.05) is 11.1 Å². The molecule has 0 aliphatic carbocycles. The van der Waals surface area contributed by atoms with E-state index < -0.39 is 54.1 Å².